The maximum atomic E-state index is 5.60. The summed E-state index contributed by atoms with van der Waals surface area (Å²) >= 11 is 0. The summed E-state index contributed by atoms with van der Waals surface area (Å²) in [6, 6.07) is 10.3. The summed E-state index contributed by atoms with van der Waals surface area (Å²) in [6.45, 7) is 2.08. The highest BCUT2D eigenvalue weighted by atomic mass is 16.5. The third kappa shape index (κ3) is 1.07. The number of pyridine rings is 1. The van der Waals surface area contributed by atoms with Crippen molar-refractivity contribution in [2.24, 2.45) is 0 Å². The van der Waals surface area contributed by atoms with Crippen molar-refractivity contribution in [1.29, 1.82) is 0 Å². The maximum Gasteiger partial charge on any atom is 0.217 e. The molecule has 1 atom stereocenters. The van der Waals surface area contributed by atoms with Crippen molar-refractivity contribution < 1.29 is 4.74 Å². The van der Waals surface area contributed by atoms with Crippen molar-refractivity contribution in [3.8, 4) is 5.88 Å². The van der Waals surface area contributed by atoms with Crippen LogP contribution in [0.5, 0.6) is 5.88 Å². The third-order valence-corrected chi connectivity index (χ3v) is 2.58. The molecule has 2 heterocycles. The van der Waals surface area contributed by atoms with Crippen LogP contribution in [0.25, 0.3) is 10.9 Å². The van der Waals surface area contributed by atoms with Crippen LogP contribution in [0.1, 0.15) is 12.5 Å². The van der Waals surface area contributed by atoms with E-state index in [0.29, 0.717) is 0 Å². The van der Waals surface area contributed by atoms with Crippen molar-refractivity contribution in [1.82, 2.24) is 4.98 Å². The lowest BCUT2D eigenvalue weighted by atomic mass is 10.1. The first-order chi connectivity index (χ1) is 6.83. The van der Waals surface area contributed by atoms with Crippen molar-refractivity contribution in [2.45, 2.75) is 19.4 Å². The molecule has 2 aromatic rings. The van der Waals surface area contributed by atoms with Crippen molar-refractivity contribution >= 4 is 10.9 Å². The van der Waals surface area contributed by atoms with Crippen LogP contribution in [0, 0.1) is 0 Å². The topological polar surface area (TPSA) is 22.1 Å². The highest BCUT2D eigenvalue weighted by Gasteiger charge is 2.20. The number of rotatable bonds is 0. The van der Waals surface area contributed by atoms with E-state index in [0.717, 1.165) is 17.8 Å². The maximum absolute atomic E-state index is 5.60. The number of hydrogen-bond acceptors (Lipinski definition) is 2. The summed E-state index contributed by atoms with van der Waals surface area (Å²) in [5, 5.41) is 1.20. The van der Waals surface area contributed by atoms with Gasteiger partial charge in [0.2, 0.25) is 5.88 Å². The summed E-state index contributed by atoms with van der Waals surface area (Å²) < 4.78 is 5.60. The molecular weight excluding hydrogens is 174 g/mol. The Labute approximate surface area is 82.5 Å². The van der Waals surface area contributed by atoms with Crippen LogP contribution >= 0.6 is 0 Å². The minimum Gasteiger partial charge on any atom is -0.474 e. The van der Waals surface area contributed by atoms with Gasteiger partial charge in [-0.05, 0) is 19.1 Å². The van der Waals surface area contributed by atoms with Gasteiger partial charge in [-0.25, -0.2) is 4.98 Å². The summed E-state index contributed by atoms with van der Waals surface area (Å²) in [6.07, 6.45) is 1.25. The van der Waals surface area contributed by atoms with Gasteiger partial charge < -0.3 is 4.74 Å². The van der Waals surface area contributed by atoms with Gasteiger partial charge in [0.05, 0.1) is 5.52 Å². The average Bonchev–Trinajstić information content (AvgIpc) is 2.53. The molecule has 1 aromatic carbocycles. The van der Waals surface area contributed by atoms with Gasteiger partial charge >= 0.3 is 0 Å². The van der Waals surface area contributed by atoms with Crippen LogP contribution in [0.4, 0.5) is 0 Å². The SMILES string of the molecule is CC1Cc2cc3ccccc3nc2O1. The molecule has 1 aliphatic heterocycles. The van der Waals surface area contributed by atoms with E-state index in [1.165, 1.54) is 10.9 Å². The fourth-order valence-corrected chi connectivity index (χ4v) is 1.93. The van der Waals surface area contributed by atoms with Gasteiger partial charge in [0.25, 0.3) is 0 Å². The van der Waals surface area contributed by atoms with Crippen molar-refractivity contribution in [2.75, 3.05) is 0 Å². The van der Waals surface area contributed by atoms with Gasteiger partial charge in [-0.3, -0.25) is 0 Å². The molecule has 1 unspecified atom stereocenters. The van der Waals surface area contributed by atoms with Gasteiger partial charge in [0, 0.05) is 17.4 Å². The monoisotopic (exact) mass is 185 g/mol. The standard InChI is InChI=1S/C12H11NO/c1-8-6-10-7-9-4-2-3-5-11(9)13-12(10)14-8/h2-5,7-8H,6H2,1H3. The molecule has 0 saturated heterocycles. The van der Waals surface area contributed by atoms with Crippen LogP contribution in [0.3, 0.4) is 0 Å². The van der Waals surface area contributed by atoms with Gasteiger partial charge in [-0.15, -0.1) is 0 Å². The molecule has 0 N–H and O–H groups in total. The lowest BCUT2D eigenvalue weighted by molar-refractivity contribution is 0.247. The fourth-order valence-electron chi connectivity index (χ4n) is 1.93. The first kappa shape index (κ1) is 7.80. The summed E-state index contributed by atoms with van der Waals surface area (Å²) in [5.41, 5.74) is 2.25. The van der Waals surface area contributed by atoms with Crippen molar-refractivity contribution in [3.05, 3.63) is 35.9 Å². The summed E-state index contributed by atoms with van der Waals surface area (Å²) in [5.74, 6) is 0.816. The first-order valence-corrected chi connectivity index (χ1v) is 4.88. The second kappa shape index (κ2) is 2.71. The molecule has 0 amide bonds. The Morgan fingerprint density at radius 3 is 3.14 bits per heavy atom. The van der Waals surface area contributed by atoms with E-state index < -0.39 is 0 Å². The Morgan fingerprint density at radius 2 is 2.21 bits per heavy atom. The molecule has 1 aromatic heterocycles. The molecule has 0 aliphatic carbocycles. The van der Waals surface area contributed by atoms with Crippen LogP contribution in [-0.4, -0.2) is 11.1 Å². The van der Waals surface area contributed by atoms with E-state index in [1.54, 1.807) is 0 Å². The van der Waals surface area contributed by atoms with E-state index in [2.05, 4.69) is 24.0 Å². The first-order valence-electron chi connectivity index (χ1n) is 4.88. The van der Waals surface area contributed by atoms with E-state index in [4.69, 9.17) is 4.74 Å². The quantitative estimate of drug-likeness (QED) is 0.629. The second-order valence-corrected chi connectivity index (χ2v) is 3.78. The number of para-hydroxylation sites is 1. The van der Waals surface area contributed by atoms with Crippen LogP contribution in [0.15, 0.2) is 30.3 Å². The second-order valence-electron chi connectivity index (χ2n) is 3.78. The molecule has 70 valence electrons. The minimum absolute atomic E-state index is 0.273. The Kier molecular flexibility index (Phi) is 1.51. The minimum atomic E-state index is 0.273. The predicted molar refractivity (Wildman–Crippen MR) is 55.5 cm³/mol. The van der Waals surface area contributed by atoms with Crippen molar-refractivity contribution in [3.63, 3.8) is 0 Å². The summed E-state index contributed by atoms with van der Waals surface area (Å²) in [4.78, 5) is 4.48. The fraction of sp³-hybridized carbons (Fsp3) is 0.250. The zero-order chi connectivity index (χ0) is 9.54. The Morgan fingerprint density at radius 1 is 1.36 bits per heavy atom. The van der Waals surface area contributed by atoms with Gasteiger partial charge in [0.15, 0.2) is 0 Å². The largest absolute Gasteiger partial charge is 0.474 e. The number of ether oxygens (including phenoxy) is 1. The molecule has 14 heavy (non-hydrogen) atoms. The highest BCUT2D eigenvalue weighted by molar-refractivity contribution is 5.80. The van der Waals surface area contributed by atoms with Gasteiger partial charge in [-0.2, -0.15) is 0 Å². The number of aromatic nitrogens is 1. The Bertz CT molecular complexity index is 448. The number of nitrogens with zero attached hydrogens (tertiary/aromatic N) is 1. The number of hydrogen-bond donors (Lipinski definition) is 0. The van der Waals surface area contributed by atoms with E-state index in [1.807, 2.05) is 18.2 Å². The molecule has 3 rings (SSSR count). The molecule has 1 aliphatic rings. The van der Waals surface area contributed by atoms with E-state index >= 15 is 0 Å². The molecule has 0 bridgehead atoms. The van der Waals surface area contributed by atoms with Gasteiger partial charge in [0.1, 0.15) is 6.10 Å². The van der Waals surface area contributed by atoms with Crippen LogP contribution in [0.2, 0.25) is 0 Å². The molecular formula is C12H11NO. The molecule has 2 nitrogen and oxygen atoms in total. The Balaban J connectivity index is 2.27. The lowest BCUT2D eigenvalue weighted by Crippen LogP contribution is -2.05. The molecule has 2 heteroatoms. The lowest BCUT2D eigenvalue weighted by Gasteiger charge is -2.02. The van der Waals surface area contributed by atoms with Crippen LogP contribution < -0.4 is 4.74 Å². The Hall–Kier alpha value is -1.57. The zero-order valence-corrected chi connectivity index (χ0v) is 8.03. The molecule has 0 saturated carbocycles. The van der Waals surface area contributed by atoms with E-state index in [-0.39, 0.29) is 6.10 Å². The van der Waals surface area contributed by atoms with Gasteiger partial charge in [-0.1, -0.05) is 18.2 Å². The molecule has 0 spiro atoms. The molecule has 0 fully saturated rings. The van der Waals surface area contributed by atoms with Crippen LogP contribution in [-0.2, 0) is 6.42 Å². The normalized spacial score (nSPS) is 19.4. The zero-order valence-electron chi connectivity index (χ0n) is 8.03. The van der Waals surface area contributed by atoms with E-state index in [9.17, 15) is 0 Å². The summed E-state index contributed by atoms with van der Waals surface area (Å²) in [7, 11) is 0. The number of benzene rings is 1. The smallest absolute Gasteiger partial charge is 0.217 e. The number of fused-ring (bicyclic) bond motifs is 2. The predicted octanol–water partition coefficient (Wildman–Crippen LogP) is 2.56. The molecule has 0 radical (unpaired) electrons. The third-order valence-electron chi connectivity index (χ3n) is 2.58. The average molecular weight is 185 g/mol. The highest BCUT2D eigenvalue weighted by Crippen LogP contribution is 2.29.